The first-order chi connectivity index (χ1) is 47.0. The van der Waals surface area contributed by atoms with Gasteiger partial charge in [-0.25, -0.2) is 15.0 Å². The Balaban J connectivity index is 0.000000142. The fourth-order valence-corrected chi connectivity index (χ4v) is 10.1. The van der Waals surface area contributed by atoms with Crippen LogP contribution >= 0.6 is 0 Å². The first-order valence-corrected chi connectivity index (χ1v) is 31.5. The van der Waals surface area contributed by atoms with Crippen molar-refractivity contribution in [3.05, 3.63) is 198 Å². The summed E-state index contributed by atoms with van der Waals surface area (Å²) in [7, 11) is 1.33. The first kappa shape index (κ1) is 66.9. The van der Waals surface area contributed by atoms with Crippen LogP contribution in [0.5, 0.6) is 0 Å². The van der Waals surface area contributed by atoms with Gasteiger partial charge in [0.15, 0.2) is 0 Å². The van der Waals surface area contributed by atoms with Gasteiger partial charge in [0.05, 0.1) is 50.2 Å². The number of ether oxygens (including phenoxy) is 3. The van der Waals surface area contributed by atoms with E-state index >= 15 is 0 Å². The standard InChI is InChI=1S/C23H23N5O4.C22H21N5O3.C21H19N5O4.C4H8O/c1-14(2)31-21(29)10-9-20-26-22(27-32-20)16-8-7-15(3)17(12-16)25-23(30)18-13-24-19-6-4-5-11-28(18)19;1-14-5-6-15(20-25-19(30-26-20)7-8-22(29)9-10-22)12-16(14)24-21(28)17-13-23-18-4-2-3-11-27(17)18;1-13-6-7-14(20-24-18(30-25-20)8-9-19(27)29-2)11-15(13)23-21(28)16-12-22-17-5-3-4-10-26(16)17;1-2-4-5-3-1/h4-8,11-14H,9-10H2,1-3H3,(H,25,30);2-6,11-13,29H,7-10H2,1H3,(H,24,28);3-7,10-12H,8-9H2,1-2H3,(H,23,28);1-4H2. The number of benzene rings is 3. The SMILES string of the molecule is C1CCOC1.COC(=O)CCc1nc(-c2ccc(C)c(NC(=O)c3cnc4ccccn34)c2)no1.Cc1ccc(-c2noc(CCC(=O)OC(C)C)n2)cc1NC(=O)c1cnc2ccccn12.Cc1ccc(-c2noc(CCC3(O)CC3)n2)cc1NC(=O)c1cnc2ccccn12. The lowest BCUT2D eigenvalue weighted by Gasteiger charge is -2.09. The summed E-state index contributed by atoms with van der Waals surface area (Å²) in [6.07, 6.45) is 16.2. The van der Waals surface area contributed by atoms with E-state index in [1.54, 1.807) is 70.2 Å². The van der Waals surface area contributed by atoms with Gasteiger partial charge in [0.25, 0.3) is 17.7 Å². The van der Waals surface area contributed by atoms with Crippen LogP contribution in [0.3, 0.4) is 0 Å². The Labute approximate surface area is 555 Å². The molecule has 1 saturated carbocycles. The molecule has 0 spiro atoms. The fraction of sp³-hybridized carbons (Fsp3) is 0.286. The monoisotopic (exact) mass is 1310 g/mol. The van der Waals surface area contributed by atoms with E-state index in [0.29, 0.717) is 123 Å². The molecule has 27 nitrogen and oxygen atoms in total. The molecule has 498 valence electrons. The van der Waals surface area contributed by atoms with Crippen LogP contribution in [-0.2, 0) is 43.1 Å². The summed E-state index contributed by atoms with van der Waals surface area (Å²) in [4.78, 5) is 87.3. The number of hydrogen-bond donors (Lipinski definition) is 4. The lowest BCUT2D eigenvalue weighted by molar-refractivity contribution is -0.147. The Hall–Kier alpha value is -11.6. The number of amides is 3. The van der Waals surface area contributed by atoms with Crippen LogP contribution in [-0.4, -0.2) is 125 Å². The topological polar surface area (TPSA) is 338 Å². The maximum atomic E-state index is 12.9. The summed E-state index contributed by atoms with van der Waals surface area (Å²) < 4.78 is 35.7. The van der Waals surface area contributed by atoms with Crippen LogP contribution in [0.15, 0.2) is 160 Å². The molecule has 3 amide bonds. The highest BCUT2D eigenvalue weighted by atomic mass is 16.5. The Morgan fingerprint density at radius 1 is 0.526 bits per heavy atom. The number of nitrogens with zero attached hydrogens (tertiary/aromatic N) is 12. The third-order valence-corrected chi connectivity index (χ3v) is 15.7. The predicted octanol–water partition coefficient (Wildman–Crippen LogP) is 11.1. The molecule has 9 aromatic heterocycles. The van der Waals surface area contributed by atoms with E-state index in [2.05, 4.69) is 66.1 Å². The minimum Gasteiger partial charge on any atom is -0.469 e. The molecule has 2 aliphatic rings. The molecular weight excluding hydrogens is 1240 g/mol. The number of esters is 2. The van der Waals surface area contributed by atoms with Gasteiger partial charge in [-0.1, -0.05) is 70.1 Å². The molecule has 0 bridgehead atoms. The van der Waals surface area contributed by atoms with E-state index in [1.165, 1.54) is 26.1 Å². The normalized spacial score (nSPS) is 12.8. The van der Waals surface area contributed by atoms with E-state index in [1.807, 2.05) is 118 Å². The first-order valence-electron chi connectivity index (χ1n) is 31.5. The van der Waals surface area contributed by atoms with E-state index in [9.17, 15) is 29.1 Å². The van der Waals surface area contributed by atoms with Gasteiger partial charge in [-0.3, -0.25) is 37.2 Å². The number of pyridine rings is 3. The molecule has 4 N–H and O–H groups in total. The van der Waals surface area contributed by atoms with Crippen LogP contribution in [0.1, 0.15) is 125 Å². The molecule has 12 aromatic rings. The van der Waals surface area contributed by atoms with Gasteiger partial charge in [-0.05, 0) is 138 Å². The van der Waals surface area contributed by atoms with Crippen molar-refractivity contribution in [1.82, 2.24) is 58.6 Å². The van der Waals surface area contributed by atoms with E-state index < -0.39 is 5.60 Å². The molecule has 97 heavy (non-hydrogen) atoms. The van der Waals surface area contributed by atoms with Crippen LogP contribution in [0.25, 0.3) is 51.1 Å². The van der Waals surface area contributed by atoms with Crippen LogP contribution in [0, 0.1) is 20.8 Å². The zero-order valence-corrected chi connectivity index (χ0v) is 54.2. The van der Waals surface area contributed by atoms with Gasteiger partial charge in [-0.2, -0.15) is 15.0 Å². The average Bonchev–Trinajstić information content (AvgIpc) is 1.75. The van der Waals surface area contributed by atoms with Gasteiger partial charge in [0.1, 0.15) is 34.0 Å². The number of aliphatic hydroxyl groups is 1. The summed E-state index contributed by atoms with van der Waals surface area (Å²) in [5.74, 6) is 0.936. The Morgan fingerprint density at radius 3 is 1.24 bits per heavy atom. The molecule has 0 unspecified atom stereocenters. The molecule has 0 atom stereocenters. The molecule has 1 saturated heterocycles. The number of rotatable bonds is 19. The quantitative estimate of drug-likeness (QED) is 0.0546. The second-order valence-electron chi connectivity index (χ2n) is 23.4. The molecule has 3 aromatic carbocycles. The smallest absolute Gasteiger partial charge is 0.306 e. The second kappa shape index (κ2) is 30.7. The number of hydrogen-bond acceptors (Lipinski definition) is 21. The number of nitrogens with one attached hydrogen (secondary N) is 3. The van der Waals surface area contributed by atoms with Gasteiger partial charge >= 0.3 is 11.9 Å². The lowest BCUT2D eigenvalue weighted by atomic mass is 10.1. The van der Waals surface area contributed by atoms with Crippen molar-refractivity contribution < 1.29 is 56.9 Å². The van der Waals surface area contributed by atoms with Crippen molar-refractivity contribution in [2.24, 2.45) is 0 Å². The van der Waals surface area contributed by atoms with Crippen molar-refractivity contribution in [2.45, 2.75) is 111 Å². The minimum atomic E-state index is -0.548. The molecular formula is C70H71N15O12. The number of methoxy groups -OCH3 is 1. The van der Waals surface area contributed by atoms with Crippen LogP contribution < -0.4 is 16.0 Å². The Bertz CT molecular complexity index is 4750. The highest BCUT2D eigenvalue weighted by Crippen LogP contribution is 2.39. The van der Waals surface area contributed by atoms with Crippen molar-refractivity contribution in [2.75, 3.05) is 36.3 Å². The van der Waals surface area contributed by atoms with Crippen molar-refractivity contribution >= 4 is 63.7 Å². The molecule has 0 radical (unpaired) electrons. The zero-order valence-electron chi connectivity index (χ0n) is 54.2. The van der Waals surface area contributed by atoms with Crippen molar-refractivity contribution in [3.63, 3.8) is 0 Å². The third kappa shape index (κ3) is 17.2. The number of carbonyl (C=O) groups excluding carboxylic acids is 5. The Kier molecular flexibility index (Phi) is 21.1. The number of imidazole rings is 3. The molecule has 14 rings (SSSR count). The Morgan fingerprint density at radius 2 is 0.897 bits per heavy atom. The van der Waals surface area contributed by atoms with Crippen molar-refractivity contribution in [3.8, 4) is 34.2 Å². The van der Waals surface area contributed by atoms with Gasteiger partial charge in [-0.15, -0.1) is 0 Å². The van der Waals surface area contributed by atoms with Crippen LogP contribution in [0.4, 0.5) is 17.1 Å². The fourth-order valence-electron chi connectivity index (χ4n) is 10.1. The van der Waals surface area contributed by atoms with E-state index in [4.69, 9.17) is 23.0 Å². The largest absolute Gasteiger partial charge is 0.469 e. The highest BCUT2D eigenvalue weighted by molar-refractivity contribution is 6.05. The molecule has 27 heteroatoms. The predicted molar refractivity (Wildman–Crippen MR) is 355 cm³/mol. The number of anilines is 3. The van der Waals surface area contributed by atoms with Gasteiger partial charge in [0.2, 0.25) is 35.1 Å². The summed E-state index contributed by atoms with van der Waals surface area (Å²) >= 11 is 0. The number of aromatic nitrogens is 12. The van der Waals surface area contributed by atoms with Gasteiger partial charge < -0.3 is 48.8 Å². The average molecular weight is 1310 g/mol. The highest BCUT2D eigenvalue weighted by Gasteiger charge is 2.40. The minimum absolute atomic E-state index is 0.159. The zero-order chi connectivity index (χ0) is 68.0. The van der Waals surface area contributed by atoms with Crippen LogP contribution in [0.2, 0.25) is 0 Å². The molecule has 2 fully saturated rings. The number of carbonyl (C=O) groups is 5. The van der Waals surface area contributed by atoms with E-state index in [0.717, 1.165) is 48.3 Å². The van der Waals surface area contributed by atoms with E-state index in [-0.39, 0.29) is 48.6 Å². The second-order valence-corrected chi connectivity index (χ2v) is 23.4. The lowest BCUT2D eigenvalue weighted by Crippen LogP contribution is -2.15. The maximum absolute atomic E-state index is 12.9. The van der Waals surface area contributed by atoms with Gasteiger partial charge in [0, 0.05) is 84.8 Å². The summed E-state index contributed by atoms with van der Waals surface area (Å²) in [6.45, 7) is 11.3. The summed E-state index contributed by atoms with van der Waals surface area (Å²) in [5, 5.41) is 30.8. The summed E-state index contributed by atoms with van der Waals surface area (Å²) in [5.41, 5.74) is 9.59. The molecule has 1 aliphatic carbocycles. The third-order valence-electron chi connectivity index (χ3n) is 15.7. The molecule has 10 heterocycles. The number of aryl methyl sites for hydroxylation is 6. The molecule has 1 aliphatic heterocycles. The summed E-state index contributed by atoms with van der Waals surface area (Å²) in [6, 6.07) is 33.3. The maximum Gasteiger partial charge on any atom is 0.306 e. The number of fused-ring (bicyclic) bond motifs is 3. The van der Waals surface area contributed by atoms with Crippen molar-refractivity contribution in [1.29, 1.82) is 0 Å².